The summed E-state index contributed by atoms with van der Waals surface area (Å²) >= 11 is 6.17. The number of carbonyl (C=O) groups is 3. The Labute approximate surface area is 175 Å². The lowest BCUT2D eigenvalue weighted by atomic mass is 10.2. The molecule has 2 aromatic rings. The second kappa shape index (κ2) is 11.1. The standard InChI is InChI=1S/C21H25ClN4O3/c1-3-5-20(28)26-16-10-11-17(22)18(12-16)23-13-21(29)25-15-8-6-14(7-9-15)24-19(27)4-2/h6-12,23H,3-5,13H2,1-2H3,(H,24,27)(H,25,29)(H,26,28). The quantitative estimate of drug-likeness (QED) is 0.484. The molecule has 8 heteroatoms. The van der Waals surface area contributed by atoms with Crippen molar-refractivity contribution >= 4 is 52.1 Å². The lowest BCUT2D eigenvalue weighted by Gasteiger charge is -2.12. The maximum atomic E-state index is 12.2. The van der Waals surface area contributed by atoms with Gasteiger partial charge in [0.1, 0.15) is 0 Å². The predicted molar refractivity (Wildman–Crippen MR) is 117 cm³/mol. The number of hydrogen-bond acceptors (Lipinski definition) is 4. The molecule has 0 unspecified atom stereocenters. The Kier molecular flexibility index (Phi) is 8.48. The molecule has 0 aliphatic heterocycles. The summed E-state index contributed by atoms with van der Waals surface area (Å²) < 4.78 is 0. The van der Waals surface area contributed by atoms with Gasteiger partial charge in [-0.05, 0) is 48.9 Å². The summed E-state index contributed by atoms with van der Waals surface area (Å²) in [6.07, 6.45) is 1.60. The summed E-state index contributed by atoms with van der Waals surface area (Å²) in [5.74, 6) is -0.403. The molecule has 0 aliphatic rings. The molecule has 2 rings (SSSR count). The largest absolute Gasteiger partial charge is 0.375 e. The van der Waals surface area contributed by atoms with Crippen molar-refractivity contribution in [3.63, 3.8) is 0 Å². The van der Waals surface area contributed by atoms with Crippen molar-refractivity contribution in [3.05, 3.63) is 47.5 Å². The van der Waals surface area contributed by atoms with E-state index in [0.29, 0.717) is 40.6 Å². The molecule has 0 bridgehead atoms. The second-order valence-electron chi connectivity index (χ2n) is 6.37. The fraction of sp³-hybridized carbons (Fsp3) is 0.286. The minimum atomic E-state index is -0.258. The molecule has 7 nitrogen and oxygen atoms in total. The van der Waals surface area contributed by atoms with Crippen LogP contribution in [0.25, 0.3) is 0 Å². The first kappa shape index (κ1) is 22.2. The van der Waals surface area contributed by atoms with Crippen LogP contribution >= 0.6 is 11.6 Å². The van der Waals surface area contributed by atoms with E-state index in [1.165, 1.54) is 0 Å². The Morgan fingerprint density at radius 1 is 0.793 bits per heavy atom. The number of halogens is 1. The number of benzene rings is 2. The van der Waals surface area contributed by atoms with E-state index >= 15 is 0 Å². The van der Waals surface area contributed by atoms with E-state index in [0.717, 1.165) is 6.42 Å². The van der Waals surface area contributed by atoms with Gasteiger partial charge in [0, 0.05) is 29.9 Å². The number of carbonyl (C=O) groups excluding carboxylic acids is 3. The summed E-state index contributed by atoms with van der Waals surface area (Å²) in [5.41, 5.74) is 2.44. The maximum Gasteiger partial charge on any atom is 0.243 e. The topological polar surface area (TPSA) is 99.3 Å². The van der Waals surface area contributed by atoms with Gasteiger partial charge in [-0.2, -0.15) is 0 Å². The average molecular weight is 417 g/mol. The van der Waals surface area contributed by atoms with Crippen LogP contribution in [0, 0.1) is 0 Å². The van der Waals surface area contributed by atoms with Crippen molar-refractivity contribution in [1.82, 2.24) is 0 Å². The average Bonchev–Trinajstić information content (AvgIpc) is 2.70. The van der Waals surface area contributed by atoms with E-state index in [9.17, 15) is 14.4 Å². The van der Waals surface area contributed by atoms with Crippen molar-refractivity contribution < 1.29 is 14.4 Å². The van der Waals surface area contributed by atoms with Crippen LogP contribution in [-0.4, -0.2) is 24.3 Å². The van der Waals surface area contributed by atoms with Gasteiger partial charge in [-0.1, -0.05) is 25.4 Å². The van der Waals surface area contributed by atoms with E-state index in [4.69, 9.17) is 11.6 Å². The van der Waals surface area contributed by atoms with Crippen LogP contribution in [-0.2, 0) is 14.4 Å². The van der Waals surface area contributed by atoms with Crippen LogP contribution in [0.4, 0.5) is 22.7 Å². The number of nitrogens with one attached hydrogen (secondary N) is 4. The molecule has 0 aliphatic carbocycles. The van der Waals surface area contributed by atoms with Crippen molar-refractivity contribution in [2.24, 2.45) is 0 Å². The molecule has 3 amide bonds. The Bertz CT molecular complexity index is 869. The Hall–Kier alpha value is -3.06. The highest BCUT2D eigenvalue weighted by atomic mass is 35.5. The van der Waals surface area contributed by atoms with Crippen molar-refractivity contribution in [3.8, 4) is 0 Å². The minimum Gasteiger partial charge on any atom is -0.375 e. The van der Waals surface area contributed by atoms with Crippen LogP contribution in [0.15, 0.2) is 42.5 Å². The Balaban J connectivity index is 1.90. The highest BCUT2D eigenvalue weighted by Crippen LogP contribution is 2.25. The first-order valence-electron chi connectivity index (χ1n) is 9.44. The van der Waals surface area contributed by atoms with Crippen molar-refractivity contribution in [2.75, 3.05) is 27.8 Å². The molecular formula is C21H25ClN4O3. The molecule has 0 aromatic heterocycles. The molecule has 0 radical (unpaired) electrons. The molecule has 0 fully saturated rings. The minimum absolute atomic E-state index is 0.000399. The van der Waals surface area contributed by atoms with Gasteiger partial charge in [0.25, 0.3) is 0 Å². The highest BCUT2D eigenvalue weighted by molar-refractivity contribution is 6.33. The first-order chi connectivity index (χ1) is 13.9. The molecule has 2 aromatic carbocycles. The van der Waals surface area contributed by atoms with E-state index in [1.807, 2.05) is 6.92 Å². The third kappa shape index (κ3) is 7.46. The Morgan fingerprint density at radius 2 is 1.34 bits per heavy atom. The molecule has 4 N–H and O–H groups in total. The molecule has 0 heterocycles. The molecule has 0 atom stereocenters. The number of amides is 3. The number of rotatable bonds is 9. The van der Waals surface area contributed by atoms with Gasteiger partial charge in [-0.3, -0.25) is 14.4 Å². The van der Waals surface area contributed by atoms with Crippen molar-refractivity contribution in [1.29, 1.82) is 0 Å². The lowest BCUT2D eigenvalue weighted by Crippen LogP contribution is -2.22. The zero-order chi connectivity index (χ0) is 21.2. The molecule has 0 spiro atoms. The van der Waals surface area contributed by atoms with Gasteiger partial charge < -0.3 is 21.3 Å². The molecule has 154 valence electrons. The number of hydrogen-bond donors (Lipinski definition) is 4. The van der Waals surface area contributed by atoms with Gasteiger partial charge in [-0.15, -0.1) is 0 Å². The predicted octanol–water partition coefficient (Wildman–Crippen LogP) is 4.48. The monoisotopic (exact) mass is 416 g/mol. The second-order valence-corrected chi connectivity index (χ2v) is 6.78. The van der Waals surface area contributed by atoms with Gasteiger partial charge in [0.15, 0.2) is 0 Å². The van der Waals surface area contributed by atoms with Gasteiger partial charge in [0.05, 0.1) is 17.3 Å². The molecule has 29 heavy (non-hydrogen) atoms. The molecule has 0 saturated carbocycles. The zero-order valence-electron chi connectivity index (χ0n) is 16.5. The van der Waals surface area contributed by atoms with E-state index in [2.05, 4.69) is 21.3 Å². The molecular weight excluding hydrogens is 392 g/mol. The third-order valence-corrected chi connectivity index (χ3v) is 4.27. The van der Waals surface area contributed by atoms with Gasteiger partial charge in [0.2, 0.25) is 17.7 Å². The van der Waals surface area contributed by atoms with Crippen molar-refractivity contribution in [2.45, 2.75) is 33.1 Å². The van der Waals surface area contributed by atoms with Gasteiger partial charge in [-0.25, -0.2) is 0 Å². The van der Waals surface area contributed by atoms with E-state index in [-0.39, 0.29) is 24.3 Å². The first-order valence-corrected chi connectivity index (χ1v) is 9.82. The van der Waals surface area contributed by atoms with Crippen LogP contribution in [0.5, 0.6) is 0 Å². The summed E-state index contributed by atoms with van der Waals surface area (Å²) in [5, 5.41) is 11.7. The SMILES string of the molecule is CCCC(=O)Nc1ccc(Cl)c(NCC(=O)Nc2ccc(NC(=O)CC)cc2)c1. The summed E-state index contributed by atoms with van der Waals surface area (Å²) in [7, 11) is 0. The number of anilines is 4. The van der Waals surface area contributed by atoms with Gasteiger partial charge >= 0.3 is 0 Å². The van der Waals surface area contributed by atoms with Crippen LogP contribution in [0.3, 0.4) is 0 Å². The van der Waals surface area contributed by atoms with E-state index in [1.54, 1.807) is 49.4 Å². The summed E-state index contributed by atoms with van der Waals surface area (Å²) in [6.45, 7) is 3.71. The smallest absolute Gasteiger partial charge is 0.243 e. The summed E-state index contributed by atoms with van der Waals surface area (Å²) in [4.78, 5) is 35.3. The van der Waals surface area contributed by atoms with Crippen LogP contribution in [0.2, 0.25) is 5.02 Å². The highest BCUT2D eigenvalue weighted by Gasteiger charge is 2.08. The third-order valence-electron chi connectivity index (χ3n) is 3.94. The van der Waals surface area contributed by atoms with Crippen LogP contribution in [0.1, 0.15) is 33.1 Å². The maximum absolute atomic E-state index is 12.2. The summed E-state index contributed by atoms with van der Waals surface area (Å²) in [6, 6.07) is 11.9. The fourth-order valence-electron chi connectivity index (χ4n) is 2.46. The van der Waals surface area contributed by atoms with E-state index < -0.39 is 0 Å². The Morgan fingerprint density at radius 3 is 1.93 bits per heavy atom. The van der Waals surface area contributed by atoms with Crippen LogP contribution < -0.4 is 21.3 Å². The normalized spacial score (nSPS) is 10.2. The zero-order valence-corrected chi connectivity index (χ0v) is 17.2. The lowest BCUT2D eigenvalue weighted by molar-refractivity contribution is -0.116. The molecule has 0 saturated heterocycles. The fourth-order valence-corrected chi connectivity index (χ4v) is 2.64.